The Morgan fingerprint density at radius 2 is 2.00 bits per heavy atom. The van der Waals surface area contributed by atoms with Gasteiger partial charge in [0.2, 0.25) is 10.0 Å². The van der Waals surface area contributed by atoms with Gasteiger partial charge in [-0.2, -0.15) is 0 Å². The Hall–Kier alpha value is -1.64. The summed E-state index contributed by atoms with van der Waals surface area (Å²) in [4.78, 5) is 12.1. The van der Waals surface area contributed by atoms with Crippen molar-refractivity contribution in [2.45, 2.75) is 24.7 Å². The predicted octanol–water partition coefficient (Wildman–Crippen LogP) is 1.45. The highest BCUT2D eigenvalue weighted by atomic mass is 32.2. The molecule has 1 fully saturated rings. The minimum atomic E-state index is -3.55. The van der Waals surface area contributed by atoms with Crippen LogP contribution >= 0.6 is 0 Å². The lowest BCUT2D eigenvalue weighted by Crippen LogP contribution is -2.35. The van der Waals surface area contributed by atoms with Crippen LogP contribution in [-0.4, -0.2) is 41.3 Å². The summed E-state index contributed by atoms with van der Waals surface area (Å²) in [5.74, 6) is 0.424. The van der Waals surface area contributed by atoms with Gasteiger partial charge in [-0.15, -0.1) is 0 Å². The third-order valence-corrected chi connectivity index (χ3v) is 5.45. The number of nitrogens with one attached hydrogen (secondary N) is 3. The molecule has 1 heterocycles. The fourth-order valence-corrected chi connectivity index (χ4v) is 3.43. The number of sulfonamides is 1. The average Bonchev–Trinajstić information content (AvgIpc) is 2.55. The molecule has 128 valence electrons. The summed E-state index contributed by atoms with van der Waals surface area (Å²) < 4.78 is 31.4. The zero-order valence-electron chi connectivity index (χ0n) is 13.4. The molecule has 0 unspecified atom stereocenters. The van der Waals surface area contributed by atoms with E-state index < -0.39 is 10.0 Å². The Balaban J connectivity index is 1.97. The van der Waals surface area contributed by atoms with Crippen LogP contribution in [0.1, 0.15) is 18.4 Å². The third kappa shape index (κ3) is 4.92. The van der Waals surface area contributed by atoms with E-state index in [1.165, 1.54) is 13.1 Å². The highest BCUT2D eigenvalue weighted by molar-refractivity contribution is 7.89. The molecule has 0 radical (unpaired) electrons. The molecule has 0 aliphatic carbocycles. The van der Waals surface area contributed by atoms with Crippen LogP contribution < -0.4 is 15.4 Å². The monoisotopic (exact) mass is 341 g/mol. The van der Waals surface area contributed by atoms with E-state index in [9.17, 15) is 13.2 Å². The Morgan fingerprint density at radius 3 is 2.65 bits per heavy atom. The van der Waals surface area contributed by atoms with Crippen molar-refractivity contribution in [1.29, 1.82) is 0 Å². The molecule has 1 aliphatic heterocycles. The van der Waals surface area contributed by atoms with E-state index in [0.717, 1.165) is 26.1 Å². The number of ether oxygens (including phenoxy) is 1. The Bertz CT molecular complexity index is 655. The molecule has 0 atom stereocenters. The molecule has 1 aromatic rings. The maximum atomic E-state index is 12.0. The van der Waals surface area contributed by atoms with Crippen molar-refractivity contribution in [3.8, 4) is 0 Å². The van der Waals surface area contributed by atoms with Gasteiger partial charge in [0.25, 0.3) is 0 Å². The number of hydrogen-bond acceptors (Lipinski definition) is 4. The van der Waals surface area contributed by atoms with E-state index in [0.29, 0.717) is 23.7 Å². The lowest BCUT2D eigenvalue weighted by Gasteiger charge is -2.22. The van der Waals surface area contributed by atoms with Gasteiger partial charge in [-0.25, -0.2) is 17.9 Å². The standard InChI is InChI=1S/C15H23N3O4S/c1-11-3-4-13(9-14(11)23(20,21)16-2)18-15(19)17-10-12-5-7-22-8-6-12/h3-4,9,12,16H,5-8,10H2,1-2H3,(H2,17,18,19). The summed E-state index contributed by atoms with van der Waals surface area (Å²) in [6.45, 7) is 3.76. The number of amides is 2. The molecule has 3 N–H and O–H groups in total. The molecule has 0 aromatic heterocycles. The average molecular weight is 341 g/mol. The van der Waals surface area contributed by atoms with Crippen LogP contribution in [0.4, 0.5) is 10.5 Å². The van der Waals surface area contributed by atoms with Crippen molar-refractivity contribution in [2.24, 2.45) is 5.92 Å². The second kappa shape index (κ2) is 7.76. The van der Waals surface area contributed by atoms with Crippen LogP contribution in [-0.2, 0) is 14.8 Å². The van der Waals surface area contributed by atoms with Gasteiger partial charge >= 0.3 is 6.03 Å². The Kier molecular flexibility index (Phi) is 5.97. The summed E-state index contributed by atoms with van der Waals surface area (Å²) in [6.07, 6.45) is 1.88. The van der Waals surface area contributed by atoms with Crippen molar-refractivity contribution < 1.29 is 17.9 Å². The van der Waals surface area contributed by atoms with E-state index in [4.69, 9.17) is 4.74 Å². The van der Waals surface area contributed by atoms with Crippen molar-refractivity contribution in [3.05, 3.63) is 23.8 Å². The molecule has 8 heteroatoms. The molecule has 0 saturated carbocycles. The summed E-state index contributed by atoms with van der Waals surface area (Å²) in [5, 5.41) is 5.49. The first kappa shape index (κ1) is 17.7. The second-order valence-corrected chi connectivity index (χ2v) is 7.43. The van der Waals surface area contributed by atoms with Crippen LogP contribution in [0.25, 0.3) is 0 Å². The van der Waals surface area contributed by atoms with Gasteiger partial charge in [0.1, 0.15) is 0 Å². The lowest BCUT2D eigenvalue weighted by molar-refractivity contribution is 0.0671. The van der Waals surface area contributed by atoms with Gasteiger partial charge in [0.05, 0.1) is 4.90 Å². The van der Waals surface area contributed by atoms with Gasteiger partial charge in [0.15, 0.2) is 0 Å². The number of urea groups is 1. The first-order chi connectivity index (χ1) is 10.9. The van der Waals surface area contributed by atoms with Gasteiger partial charge in [-0.1, -0.05) is 6.07 Å². The maximum absolute atomic E-state index is 12.0. The summed E-state index contributed by atoms with van der Waals surface area (Å²) in [6, 6.07) is 4.46. The van der Waals surface area contributed by atoms with E-state index in [-0.39, 0.29) is 10.9 Å². The first-order valence-electron chi connectivity index (χ1n) is 7.59. The fraction of sp³-hybridized carbons (Fsp3) is 0.533. The normalized spacial score (nSPS) is 16.1. The molecule has 23 heavy (non-hydrogen) atoms. The molecule has 1 aromatic carbocycles. The SMILES string of the molecule is CNS(=O)(=O)c1cc(NC(=O)NCC2CCOCC2)ccc1C. The van der Waals surface area contributed by atoms with Crippen molar-refractivity contribution >= 4 is 21.7 Å². The number of rotatable bonds is 5. The van der Waals surface area contributed by atoms with Gasteiger partial charge in [-0.3, -0.25) is 0 Å². The van der Waals surface area contributed by atoms with E-state index in [1.54, 1.807) is 19.1 Å². The zero-order chi connectivity index (χ0) is 16.9. The Morgan fingerprint density at radius 1 is 1.30 bits per heavy atom. The minimum absolute atomic E-state index is 0.155. The molecule has 1 saturated heterocycles. The maximum Gasteiger partial charge on any atom is 0.319 e. The lowest BCUT2D eigenvalue weighted by atomic mass is 10.0. The van der Waals surface area contributed by atoms with Crippen molar-refractivity contribution in [3.63, 3.8) is 0 Å². The number of carbonyl (C=O) groups excluding carboxylic acids is 1. The Labute approximate surface area is 136 Å². The summed E-state index contributed by atoms with van der Waals surface area (Å²) in [5.41, 5.74) is 1.06. The number of carbonyl (C=O) groups is 1. The number of aryl methyl sites for hydroxylation is 1. The van der Waals surface area contributed by atoms with E-state index in [2.05, 4.69) is 15.4 Å². The number of anilines is 1. The number of benzene rings is 1. The topological polar surface area (TPSA) is 96.5 Å². The molecular weight excluding hydrogens is 318 g/mol. The molecule has 7 nitrogen and oxygen atoms in total. The van der Waals surface area contributed by atoms with Crippen LogP contribution in [0, 0.1) is 12.8 Å². The van der Waals surface area contributed by atoms with E-state index >= 15 is 0 Å². The summed E-state index contributed by atoms with van der Waals surface area (Å²) >= 11 is 0. The van der Waals surface area contributed by atoms with Crippen LogP contribution in [0.15, 0.2) is 23.1 Å². The van der Waals surface area contributed by atoms with E-state index in [1.807, 2.05) is 0 Å². The first-order valence-corrected chi connectivity index (χ1v) is 9.07. The molecule has 1 aliphatic rings. The quantitative estimate of drug-likeness (QED) is 0.755. The van der Waals surface area contributed by atoms with Crippen LogP contribution in [0.3, 0.4) is 0 Å². The smallest absolute Gasteiger partial charge is 0.319 e. The van der Waals surface area contributed by atoms with Crippen molar-refractivity contribution in [1.82, 2.24) is 10.0 Å². The molecule has 0 spiro atoms. The zero-order valence-corrected chi connectivity index (χ0v) is 14.2. The fourth-order valence-electron chi connectivity index (χ4n) is 2.44. The predicted molar refractivity (Wildman–Crippen MR) is 88.0 cm³/mol. The molecular formula is C15H23N3O4S. The third-order valence-electron chi connectivity index (χ3n) is 3.90. The summed E-state index contributed by atoms with van der Waals surface area (Å²) in [7, 11) is -2.20. The largest absolute Gasteiger partial charge is 0.381 e. The van der Waals surface area contributed by atoms with Crippen LogP contribution in [0.2, 0.25) is 0 Å². The highest BCUT2D eigenvalue weighted by Gasteiger charge is 2.17. The molecule has 2 rings (SSSR count). The van der Waals surface area contributed by atoms with Gasteiger partial charge in [0, 0.05) is 25.4 Å². The molecule has 2 amide bonds. The number of hydrogen-bond donors (Lipinski definition) is 3. The highest BCUT2D eigenvalue weighted by Crippen LogP contribution is 2.20. The van der Waals surface area contributed by atoms with Crippen molar-refractivity contribution in [2.75, 3.05) is 32.1 Å². The minimum Gasteiger partial charge on any atom is -0.381 e. The van der Waals surface area contributed by atoms with Gasteiger partial charge in [-0.05, 0) is 50.4 Å². The van der Waals surface area contributed by atoms with Crippen LogP contribution in [0.5, 0.6) is 0 Å². The molecule has 0 bridgehead atoms. The second-order valence-electron chi connectivity index (χ2n) is 5.58. The van der Waals surface area contributed by atoms with Gasteiger partial charge < -0.3 is 15.4 Å².